The Labute approximate surface area is 154 Å². The van der Waals surface area contributed by atoms with Crippen LogP contribution in [0.3, 0.4) is 0 Å². The van der Waals surface area contributed by atoms with Crippen LogP contribution < -0.4 is 4.74 Å². The maximum absolute atomic E-state index is 12.8. The molecule has 0 aromatic heterocycles. The maximum Gasteiger partial charge on any atom is 0.257 e. The summed E-state index contributed by atoms with van der Waals surface area (Å²) in [6, 6.07) is 13.2. The molecule has 3 rings (SSSR count). The highest BCUT2D eigenvalue weighted by atomic mass is 16.5. The molecular formula is C21H24N2O3. The van der Waals surface area contributed by atoms with Crippen molar-refractivity contribution in [2.24, 2.45) is 0 Å². The van der Waals surface area contributed by atoms with Crippen LogP contribution in [0.5, 0.6) is 5.75 Å². The Morgan fingerprint density at radius 3 is 2.04 bits per heavy atom. The molecule has 1 aliphatic rings. The standard InChI is InChI=1S/C21H24N2O3/c1-15-8-9-16(2)18(14-15)21(25)23-12-10-22(11-13-23)20(24)17-6-4-5-7-19(17)26-3/h4-9,14H,10-13H2,1-3H3. The molecule has 0 saturated carbocycles. The molecule has 0 aliphatic carbocycles. The molecule has 2 aromatic carbocycles. The number of piperazine rings is 1. The number of benzene rings is 2. The van der Waals surface area contributed by atoms with Crippen LogP contribution in [-0.2, 0) is 0 Å². The van der Waals surface area contributed by atoms with E-state index in [0.29, 0.717) is 37.5 Å². The van der Waals surface area contributed by atoms with Gasteiger partial charge in [0.2, 0.25) is 0 Å². The van der Waals surface area contributed by atoms with E-state index in [-0.39, 0.29) is 11.8 Å². The topological polar surface area (TPSA) is 49.9 Å². The molecule has 1 fully saturated rings. The molecule has 1 saturated heterocycles. The molecule has 2 amide bonds. The van der Waals surface area contributed by atoms with Gasteiger partial charge in [0.15, 0.2) is 0 Å². The summed E-state index contributed by atoms with van der Waals surface area (Å²) in [6.45, 7) is 6.05. The second-order valence-corrected chi connectivity index (χ2v) is 6.60. The zero-order chi connectivity index (χ0) is 18.7. The van der Waals surface area contributed by atoms with Gasteiger partial charge in [-0.25, -0.2) is 0 Å². The number of hydrogen-bond acceptors (Lipinski definition) is 3. The molecule has 0 radical (unpaired) electrons. The molecule has 0 spiro atoms. The van der Waals surface area contributed by atoms with Gasteiger partial charge in [0.25, 0.3) is 11.8 Å². The summed E-state index contributed by atoms with van der Waals surface area (Å²) in [5, 5.41) is 0. The van der Waals surface area contributed by atoms with Crippen molar-refractivity contribution in [2.45, 2.75) is 13.8 Å². The summed E-state index contributed by atoms with van der Waals surface area (Å²) in [7, 11) is 1.56. The van der Waals surface area contributed by atoms with E-state index in [1.54, 1.807) is 24.1 Å². The molecule has 2 aromatic rings. The van der Waals surface area contributed by atoms with Crippen molar-refractivity contribution in [1.82, 2.24) is 9.80 Å². The van der Waals surface area contributed by atoms with Crippen molar-refractivity contribution < 1.29 is 14.3 Å². The molecule has 1 heterocycles. The van der Waals surface area contributed by atoms with E-state index in [4.69, 9.17) is 4.74 Å². The molecule has 0 N–H and O–H groups in total. The minimum absolute atomic E-state index is 0.0376. The van der Waals surface area contributed by atoms with Gasteiger partial charge in [0.1, 0.15) is 5.75 Å². The fraction of sp³-hybridized carbons (Fsp3) is 0.333. The average Bonchev–Trinajstić information content (AvgIpc) is 2.68. The van der Waals surface area contributed by atoms with Crippen LogP contribution in [0, 0.1) is 13.8 Å². The summed E-state index contributed by atoms with van der Waals surface area (Å²) in [5.41, 5.74) is 3.36. The number of para-hydroxylation sites is 1. The smallest absolute Gasteiger partial charge is 0.257 e. The Hall–Kier alpha value is -2.82. The number of hydrogen-bond donors (Lipinski definition) is 0. The van der Waals surface area contributed by atoms with Crippen molar-refractivity contribution >= 4 is 11.8 Å². The lowest BCUT2D eigenvalue weighted by Gasteiger charge is -2.35. The summed E-state index contributed by atoms with van der Waals surface area (Å²) in [4.78, 5) is 29.2. The van der Waals surface area contributed by atoms with Crippen LogP contribution in [0.15, 0.2) is 42.5 Å². The van der Waals surface area contributed by atoms with Crippen molar-refractivity contribution in [3.05, 3.63) is 64.7 Å². The van der Waals surface area contributed by atoms with Gasteiger partial charge in [-0.1, -0.05) is 29.8 Å². The Balaban J connectivity index is 1.68. The van der Waals surface area contributed by atoms with E-state index < -0.39 is 0 Å². The minimum Gasteiger partial charge on any atom is -0.496 e. The third-order valence-electron chi connectivity index (χ3n) is 4.81. The number of nitrogens with zero attached hydrogens (tertiary/aromatic N) is 2. The molecule has 5 heteroatoms. The summed E-state index contributed by atoms with van der Waals surface area (Å²) in [6.07, 6.45) is 0. The first-order valence-electron chi connectivity index (χ1n) is 8.80. The summed E-state index contributed by atoms with van der Waals surface area (Å²) in [5.74, 6) is 0.559. The predicted octanol–water partition coefficient (Wildman–Crippen LogP) is 2.91. The van der Waals surface area contributed by atoms with Gasteiger partial charge in [-0.2, -0.15) is 0 Å². The van der Waals surface area contributed by atoms with Crippen molar-refractivity contribution in [3.63, 3.8) is 0 Å². The van der Waals surface area contributed by atoms with E-state index in [9.17, 15) is 9.59 Å². The van der Waals surface area contributed by atoms with Gasteiger partial charge in [0.05, 0.1) is 12.7 Å². The third-order valence-corrected chi connectivity index (χ3v) is 4.81. The Morgan fingerprint density at radius 1 is 0.846 bits per heavy atom. The number of methoxy groups -OCH3 is 1. The predicted molar refractivity (Wildman–Crippen MR) is 101 cm³/mol. The first-order chi connectivity index (χ1) is 12.5. The van der Waals surface area contributed by atoms with Crippen LogP contribution >= 0.6 is 0 Å². The fourth-order valence-corrected chi connectivity index (χ4v) is 3.24. The van der Waals surface area contributed by atoms with Gasteiger partial charge in [0, 0.05) is 31.7 Å². The Morgan fingerprint density at radius 2 is 1.42 bits per heavy atom. The van der Waals surface area contributed by atoms with Crippen LogP contribution in [0.2, 0.25) is 0 Å². The van der Waals surface area contributed by atoms with Crippen LogP contribution in [-0.4, -0.2) is 54.9 Å². The number of aryl methyl sites for hydroxylation is 2. The lowest BCUT2D eigenvalue weighted by Crippen LogP contribution is -2.50. The van der Waals surface area contributed by atoms with Gasteiger partial charge >= 0.3 is 0 Å². The molecule has 0 unspecified atom stereocenters. The second-order valence-electron chi connectivity index (χ2n) is 6.60. The highest BCUT2D eigenvalue weighted by Crippen LogP contribution is 2.21. The average molecular weight is 352 g/mol. The molecule has 26 heavy (non-hydrogen) atoms. The number of ether oxygens (including phenoxy) is 1. The Kier molecular flexibility index (Phi) is 5.26. The number of carbonyl (C=O) groups is 2. The molecule has 0 atom stereocenters. The van der Waals surface area contributed by atoms with Gasteiger partial charge in [-0.15, -0.1) is 0 Å². The number of amides is 2. The quantitative estimate of drug-likeness (QED) is 0.853. The molecule has 0 bridgehead atoms. The number of rotatable bonds is 3. The minimum atomic E-state index is -0.0544. The monoisotopic (exact) mass is 352 g/mol. The van der Waals surface area contributed by atoms with E-state index in [2.05, 4.69) is 0 Å². The zero-order valence-corrected chi connectivity index (χ0v) is 15.5. The Bertz CT molecular complexity index is 824. The van der Waals surface area contributed by atoms with E-state index in [1.165, 1.54) is 0 Å². The van der Waals surface area contributed by atoms with Crippen molar-refractivity contribution in [3.8, 4) is 5.75 Å². The lowest BCUT2D eigenvalue weighted by atomic mass is 10.0. The molecule has 5 nitrogen and oxygen atoms in total. The van der Waals surface area contributed by atoms with Crippen molar-refractivity contribution in [2.75, 3.05) is 33.3 Å². The third kappa shape index (κ3) is 3.57. The van der Waals surface area contributed by atoms with Gasteiger partial charge < -0.3 is 14.5 Å². The van der Waals surface area contributed by atoms with E-state index in [1.807, 2.05) is 49.1 Å². The number of carbonyl (C=O) groups excluding carboxylic acids is 2. The fourth-order valence-electron chi connectivity index (χ4n) is 3.24. The van der Waals surface area contributed by atoms with Crippen molar-refractivity contribution in [1.29, 1.82) is 0 Å². The highest BCUT2D eigenvalue weighted by molar-refractivity contribution is 5.98. The van der Waals surface area contributed by atoms with E-state index in [0.717, 1.165) is 16.7 Å². The molecule has 1 aliphatic heterocycles. The van der Waals surface area contributed by atoms with Crippen LogP contribution in [0.1, 0.15) is 31.8 Å². The first-order valence-corrected chi connectivity index (χ1v) is 8.80. The summed E-state index contributed by atoms with van der Waals surface area (Å²) < 4.78 is 5.29. The lowest BCUT2D eigenvalue weighted by molar-refractivity contribution is 0.0533. The normalized spacial score (nSPS) is 14.3. The zero-order valence-electron chi connectivity index (χ0n) is 15.5. The molecular weight excluding hydrogens is 328 g/mol. The van der Waals surface area contributed by atoms with Crippen LogP contribution in [0.25, 0.3) is 0 Å². The van der Waals surface area contributed by atoms with Crippen LogP contribution in [0.4, 0.5) is 0 Å². The largest absolute Gasteiger partial charge is 0.496 e. The SMILES string of the molecule is COc1ccccc1C(=O)N1CCN(C(=O)c2cc(C)ccc2C)CC1. The summed E-state index contributed by atoms with van der Waals surface area (Å²) >= 11 is 0. The van der Waals surface area contributed by atoms with Gasteiger partial charge in [-0.3, -0.25) is 9.59 Å². The highest BCUT2D eigenvalue weighted by Gasteiger charge is 2.27. The first kappa shape index (κ1) is 18.0. The maximum atomic E-state index is 12.8. The second kappa shape index (κ2) is 7.60. The van der Waals surface area contributed by atoms with Gasteiger partial charge in [-0.05, 0) is 37.6 Å². The molecule has 136 valence electrons. The van der Waals surface area contributed by atoms with E-state index >= 15 is 0 Å².